The van der Waals surface area contributed by atoms with Crippen LogP contribution >= 0.6 is 0 Å². The Bertz CT molecular complexity index is 122. The van der Waals surface area contributed by atoms with E-state index in [1.807, 2.05) is 0 Å². The molecular formula is C17H38. The van der Waals surface area contributed by atoms with Crippen molar-refractivity contribution in [2.75, 3.05) is 0 Å². The van der Waals surface area contributed by atoms with Crippen molar-refractivity contribution in [3.63, 3.8) is 0 Å². The molecule has 0 aliphatic heterocycles. The molecule has 0 nitrogen and oxygen atoms in total. The number of rotatable bonds is 0. The molecule has 2 fully saturated rings. The molecule has 0 aromatic rings. The summed E-state index contributed by atoms with van der Waals surface area (Å²) in [6.07, 6.45) is 11.8. The van der Waals surface area contributed by atoms with Crippen LogP contribution in [0.15, 0.2) is 0 Å². The minimum absolute atomic E-state index is 0. The van der Waals surface area contributed by atoms with Gasteiger partial charge in [0.1, 0.15) is 0 Å². The highest BCUT2D eigenvalue weighted by atomic mass is 14.2. The van der Waals surface area contributed by atoms with E-state index in [1.165, 1.54) is 51.4 Å². The first-order chi connectivity index (χ1) is 7.58. The van der Waals surface area contributed by atoms with Gasteiger partial charge in [0.05, 0.1) is 0 Å². The Labute approximate surface area is 112 Å². The van der Waals surface area contributed by atoms with Gasteiger partial charge < -0.3 is 0 Å². The predicted octanol–water partition coefficient (Wildman–Crippen LogP) is 6.55. The van der Waals surface area contributed by atoms with Crippen LogP contribution in [0.25, 0.3) is 0 Å². The lowest BCUT2D eigenvalue weighted by Crippen LogP contribution is -2.08. The van der Waals surface area contributed by atoms with Crippen molar-refractivity contribution in [2.24, 2.45) is 23.7 Å². The zero-order valence-corrected chi connectivity index (χ0v) is 12.0. The lowest BCUT2D eigenvalue weighted by molar-refractivity contribution is 0.308. The fraction of sp³-hybridized carbons (Fsp3) is 1.00. The van der Waals surface area contributed by atoms with E-state index in [0.29, 0.717) is 0 Å². The van der Waals surface area contributed by atoms with Crippen LogP contribution in [-0.4, -0.2) is 0 Å². The monoisotopic (exact) mass is 242 g/mol. The zero-order valence-electron chi connectivity index (χ0n) is 12.0. The third kappa shape index (κ3) is 7.84. The van der Waals surface area contributed by atoms with Gasteiger partial charge in [0.15, 0.2) is 0 Å². The average Bonchev–Trinajstić information content (AvgIpc) is 2.28. The van der Waals surface area contributed by atoms with E-state index in [2.05, 4.69) is 27.7 Å². The molecule has 0 atom stereocenters. The Morgan fingerprint density at radius 1 is 0.471 bits per heavy atom. The SMILES string of the molecule is C.CC1CCC(C)CC1.CC1CCC(C)CC1.[HH]. The molecule has 0 spiro atoms. The van der Waals surface area contributed by atoms with E-state index in [4.69, 9.17) is 0 Å². The summed E-state index contributed by atoms with van der Waals surface area (Å²) in [6, 6.07) is 0. The van der Waals surface area contributed by atoms with Gasteiger partial charge in [-0.15, -0.1) is 0 Å². The molecule has 2 rings (SSSR count). The van der Waals surface area contributed by atoms with Crippen LogP contribution in [0.3, 0.4) is 0 Å². The van der Waals surface area contributed by atoms with E-state index >= 15 is 0 Å². The third-order valence-corrected chi connectivity index (χ3v) is 4.61. The molecule has 0 bridgehead atoms. The minimum Gasteiger partial charge on any atom is -0.0776 e. The van der Waals surface area contributed by atoms with E-state index in [9.17, 15) is 0 Å². The maximum atomic E-state index is 2.37. The van der Waals surface area contributed by atoms with Gasteiger partial charge in [-0.3, -0.25) is 0 Å². The van der Waals surface area contributed by atoms with Crippen molar-refractivity contribution in [3.05, 3.63) is 0 Å². The Balaban J connectivity index is 0. The van der Waals surface area contributed by atoms with Crippen molar-refractivity contribution in [2.45, 2.75) is 86.5 Å². The molecule has 0 saturated heterocycles. The Morgan fingerprint density at radius 3 is 0.706 bits per heavy atom. The molecule has 0 aromatic heterocycles. The second-order valence-corrected chi connectivity index (χ2v) is 6.73. The fourth-order valence-electron chi connectivity index (χ4n) is 2.85. The molecule has 2 saturated carbocycles. The molecule has 0 unspecified atom stereocenters. The number of hydrogen-bond donors (Lipinski definition) is 0. The molecule has 0 aromatic carbocycles. The Kier molecular flexibility index (Phi) is 9.00. The summed E-state index contributed by atoms with van der Waals surface area (Å²) in [4.78, 5) is 0. The normalized spacial score (nSPS) is 37.4. The van der Waals surface area contributed by atoms with Gasteiger partial charge in [-0.2, -0.15) is 0 Å². The molecule has 0 radical (unpaired) electrons. The first-order valence-corrected chi connectivity index (χ1v) is 7.58. The van der Waals surface area contributed by atoms with Crippen LogP contribution in [0.2, 0.25) is 0 Å². The van der Waals surface area contributed by atoms with Gasteiger partial charge in [0, 0.05) is 1.43 Å². The molecule has 0 amide bonds. The summed E-state index contributed by atoms with van der Waals surface area (Å²) in [5, 5.41) is 0. The van der Waals surface area contributed by atoms with Crippen molar-refractivity contribution < 1.29 is 1.43 Å². The summed E-state index contributed by atoms with van der Waals surface area (Å²) in [6.45, 7) is 9.47. The molecular weight excluding hydrogens is 204 g/mol. The molecule has 106 valence electrons. The number of hydrogen-bond acceptors (Lipinski definition) is 0. The summed E-state index contributed by atoms with van der Waals surface area (Å²) < 4.78 is 0. The highest BCUT2D eigenvalue weighted by Gasteiger charge is 2.13. The second-order valence-electron chi connectivity index (χ2n) is 6.73. The molecule has 0 heteroatoms. The first kappa shape index (κ1) is 17.0. The minimum atomic E-state index is 0. The van der Waals surface area contributed by atoms with Gasteiger partial charge in [-0.05, 0) is 23.7 Å². The molecule has 2 aliphatic carbocycles. The van der Waals surface area contributed by atoms with Gasteiger partial charge in [-0.1, -0.05) is 86.5 Å². The summed E-state index contributed by atoms with van der Waals surface area (Å²) >= 11 is 0. The topological polar surface area (TPSA) is 0 Å². The van der Waals surface area contributed by atoms with Crippen molar-refractivity contribution in [1.82, 2.24) is 0 Å². The molecule has 17 heavy (non-hydrogen) atoms. The van der Waals surface area contributed by atoms with Gasteiger partial charge in [-0.25, -0.2) is 0 Å². The molecule has 2 aliphatic rings. The summed E-state index contributed by atoms with van der Waals surface area (Å²) in [5.41, 5.74) is 0. The van der Waals surface area contributed by atoms with Crippen molar-refractivity contribution in [3.8, 4) is 0 Å². The maximum absolute atomic E-state index is 2.37. The van der Waals surface area contributed by atoms with E-state index < -0.39 is 0 Å². The van der Waals surface area contributed by atoms with E-state index in [0.717, 1.165) is 23.7 Å². The summed E-state index contributed by atoms with van der Waals surface area (Å²) in [5.74, 6) is 4.08. The van der Waals surface area contributed by atoms with Crippen LogP contribution in [0.5, 0.6) is 0 Å². The van der Waals surface area contributed by atoms with Crippen molar-refractivity contribution >= 4 is 0 Å². The van der Waals surface area contributed by atoms with Crippen molar-refractivity contribution in [1.29, 1.82) is 0 Å². The Hall–Kier alpha value is 0. The van der Waals surface area contributed by atoms with Gasteiger partial charge in [0.25, 0.3) is 0 Å². The Morgan fingerprint density at radius 2 is 0.588 bits per heavy atom. The first-order valence-electron chi connectivity index (χ1n) is 7.58. The standard InChI is InChI=1S/2C8H16.CH4.H2/c2*1-7-3-5-8(2)6-4-7;;/h2*7-8H,3-6H2,1-2H3;1H4;1H. The van der Waals surface area contributed by atoms with E-state index in [-0.39, 0.29) is 8.85 Å². The van der Waals surface area contributed by atoms with Crippen LogP contribution < -0.4 is 0 Å². The van der Waals surface area contributed by atoms with Crippen LogP contribution in [0, 0.1) is 23.7 Å². The molecule has 0 N–H and O–H groups in total. The van der Waals surface area contributed by atoms with Gasteiger partial charge >= 0.3 is 0 Å². The van der Waals surface area contributed by atoms with Crippen LogP contribution in [0.4, 0.5) is 0 Å². The quantitative estimate of drug-likeness (QED) is 0.452. The lowest BCUT2D eigenvalue weighted by atomic mass is 9.84. The largest absolute Gasteiger partial charge is 0.0776 e. The summed E-state index contributed by atoms with van der Waals surface area (Å²) in [7, 11) is 0. The van der Waals surface area contributed by atoms with Crippen LogP contribution in [0.1, 0.15) is 87.9 Å². The highest BCUT2D eigenvalue weighted by molar-refractivity contribution is 4.66. The lowest BCUT2D eigenvalue weighted by Gasteiger charge is -2.22. The maximum Gasteiger partial charge on any atom is 0 e. The van der Waals surface area contributed by atoms with E-state index in [1.54, 1.807) is 0 Å². The molecule has 0 heterocycles. The second kappa shape index (κ2) is 9.00. The highest BCUT2D eigenvalue weighted by Crippen LogP contribution is 2.27. The zero-order chi connectivity index (χ0) is 12.0. The fourth-order valence-corrected chi connectivity index (χ4v) is 2.85. The predicted molar refractivity (Wildman–Crippen MR) is 82.4 cm³/mol. The third-order valence-electron chi connectivity index (χ3n) is 4.61. The van der Waals surface area contributed by atoms with Gasteiger partial charge in [0.2, 0.25) is 0 Å². The smallest absolute Gasteiger partial charge is 0 e. The average molecular weight is 242 g/mol. The van der Waals surface area contributed by atoms with Crippen LogP contribution in [-0.2, 0) is 0 Å².